The van der Waals surface area contributed by atoms with Crippen LogP contribution >= 0.6 is 11.6 Å². The first-order valence-corrected chi connectivity index (χ1v) is 7.87. The Labute approximate surface area is 139 Å². The van der Waals surface area contributed by atoms with Crippen LogP contribution in [0.15, 0.2) is 30.7 Å². The molecule has 120 valence electrons. The van der Waals surface area contributed by atoms with Gasteiger partial charge in [-0.3, -0.25) is 14.3 Å². The fraction of sp³-hybridized carbons (Fsp3) is 0.375. The van der Waals surface area contributed by atoms with Crippen molar-refractivity contribution in [2.45, 2.75) is 25.3 Å². The Morgan fingerprint density at radius 2 is 2.17 bits per heavy atom. The van der Waals surface area contributed by atoms with Gasteiger partial charge in [0.05, 0.1) is 16.8 Å². The van der Waals surface area contributed by atoms with Crippen LogP contribution in [-0.2, 0) is 7.05 Å². The predicted octanol–water partition coefficient (Wildman–Crippen LogP) is 2.35. The number of carbonyl (C=O) groups excluding carboxylic acids is 2. The number of amides is 1. The van der Waals surface area contributed by atoms with Crippen molar-refractivity contribution < 1.29 is 9.59 Å². The first-order valence-electron chi connectivity index (χ1n) is 7.49. The molecule has 0 aromatic carbocycles. The van der Waals surface area contributed by atoms with Crippen LogP contribution in [0.4, 0.5) is 0 Å². The first kappa shape index (κ1) is 15.7. The second-order valence-electron chi connectivity index (χ2n) is 5.69. The smallest absolute Gasteiger partial charge is 0.272 e. The Hall–Kier alpha value is -2.21. The van der Waals surface area contributed by atoms with Gasteiger partial charge >= 0.3 is 0 Å². The molecule has 23 heavy (non-hydrogen) atoms. The van der Waals surface area contributed by atoms with Crippen molar-refractivity contribution in [3.05, 3.63) is 47.0 Å². The summed E-state index contributed by atoms with van der Waals surface area (Å²) in [4.78, 5) is 30.7. The molecule has 3 rings (SSSR count). The standard InChI is InChI=1S/C16H17ClN4O2/c1-20-10-11(8-19-20)15(22)7-13-3-2-6-21(13)16(23)14-5-4-12(17)9-18-14/h4-5,8-10,13H,2-3,6-7H2,1H3. The number of pyridine rings is 1. The molecule has 0 spiro atoms. The van der Waals surface area contributed by atoms with E-state index in [0.29, 0.717) is 29.2 Å². The Kier molecular flexibility index (Phi) is 4.43. The maximum absolute atomic E-state index is 12.6. The molecule has 1 amide bonds. The number of hydrogen-bond donors (Lipinski definition) is 0. The molecule has 1 aliphatic rings. The summed E-state index contributed by atoms with van der Waals surface area (Å²) < 4.78 is 1.60. The number of aryl methyl sites for hydroxylation is 1. The monoisotopic (exact) mass is 332 g/mol. The highest BCUT2D eigenvalue weighted by Crippen LogP contribution is 2.24. The SMILES string of the molecule is Cn1cc(C(=O)CC2CCCN2C(=O)c2ccc(Cl)cn2)cn1. The molecule has 2 aromatic rings. The molecule has 0 bridgehead atoms. The quantitative estimate of drug-likeness (QED) is 0.806. The van der Waals surface area contributed by atoms with E-state index >= 15 is 0 Å². The molecule has 6 nitrogen and oxygen atoms in total. The molecule has 0 aliphatic carbocycles. The topological polar surface area (TPSA) is 68.1 Å². The van der Waals surface area contributed by atoms with Crippen LogP contribution in [0.1, 0.15) is 40.1 Å². The predicted molar refractivity (Wildman–Crippen MR) is 85.5 cm³/mol. The third-order valence-electron chi connectivity index (χ3n) is 4.03. The van der Waals surface area contributed by atoms with E-state index in [1.807, 2.05) is 0 Å². The summed E-state index contributed by atoms with van der Waals surface area (Å²) >= 11 is 5.80. The summed E-state index contributed by atoms with van der Waals surface area (Å²) in [5.74, 6) is -0.144. The van der Waals surface area contributed by atoms with Gasteiger partial charge in [-0.25, -0.2) is 4.98 Å². The number of carbonyl (C=O) groups is 2. The average molecular weight is 333 g/mol. The fourth-order valence-electron chi connectivity index (χ4n) is 2.86. The van der Waals surface area contributed by atoms with Gasteiger partial charge in [0.2, 0.25) is 0 Å². The summed E-state index contributed by atoms with van der Waals surface area (Å²) in [6, 6.07) is 3.17. The molecule has 2 aromatic heterocycles. The number of rotatable bonds is 4. The van der Waals surface area contributed by atoms with Crippen molar-refractivity contribution in [1.29, 1.82) is 0 Å². The Balaban J connectivity index is 1.71. The number of Topliss-reactive ketones (excluding diaryl/α,β-unsaturated/α-hetero) is 1. The molecule has 3 heterocycles. The van der Waals surface area contributed by atoms with Gasteiger partial charge in [0, 0.05) is 38.4 Å². The van der Waals surface area contributed by atoms with Crippen LogP contribution in [0.2, 0.25) is 5.02 Å². The van der Waals surface area contributed by atoms with Crippen molar-refractivity contribution in [2.24, 2.45) is 7.05 Å². The molecule has 0 N–H and O–H groups in total. The minimum atomic E-state index is -0.150. The van der Waals surface area contributed by atoms with E-state index in [1.165, 1.54) is 6.20 Å². The highest BCUT2D eigenvalue weighted by molar-refractivity contribution is 6.30. The molecular formula is C16H17ClN4O2. The Bertz CT molecular complexity index is 726. The van der Waals surface area contributed by atoms with Crippen molar-refractivity contribution in [1.82, 2.24) is 19.7 Å². The number of nitrogens with zero attached hydrogens (tertiary/aromatic N) is 4. The largest absolute Gasteiger partial charge is 0.334 e. The highest BCUT2D eigenvalue weighted by atomic mass is 35.5. The minimum Gasteiger partial charge on any atom is -0.334 e. The van der Waals surface area contributed by atoms with Crippen LogP contribution in [-0.4, -0.2) is 43.9 Å². The summed E-state index contributed by atoms with van der Waals surface area (Å²) in [7, 11) is 1.77. The van der Waals surface area contributed by atoms with Gasteiger partial charge in [-0.15, -0.1) is 0 Å². The molecule has 1 unspecified atom stereocenters. The molecule has 1 saturated heterocycles. The second-order valence-corrected chi connectivity index (χ2v) is 6.12. The van der Waals surface area contributed by atoms with Gasteiger partial charge in [-0.05, 0) is 25.0 Å². The summed E-state index contributed by atoms with van der Waals surface area (Å²) in [5.41, 5.74) is 0.937. The lowest BCUT2D eigenvalue weighted by molar-refractivity contribution is 0.0711. The Morgan fingerprint density at radius 3 is 2.83 bits per heavy atom. The van der Waals surface area contributed by atoms with E-state index < -0.39 is 0 Å². The van der Waals surface area contributed by atoms with E-state index in [9.17, 15) is 9.59 Å². The van der Waals surface area contributed by atoms with Crippen LogP contribution in [0.3, 0.4) is 0 Å². The summed E-state index contributed by atoms with van der Waals surface area (Å²) in [6.45, 7) is 0.647. The Morgan fingerprint density at radius 1 is 1.35 bits per heavy atom. The lowest BCUT2D eigenvalue weighted by Crippen LogP contribution is -2.37. The molecular weight excluding hydrogens is 316 g/mol. The molecule has 1 aliphatic heterocycles. The van der Waals surface area contributed by atoms with Crippen LogP contribution in [0.25, 0.3) is 0 Å². The van der Waals surface area contributed by atoms with Crippen molar-refractivity contribution in [2.75, 3.05) is 6.54 Å². The third kappa shape index (κ3) is 3.42. The fourth-order valence-corrected chi connectivity index (χ4v) is 2.97. The maximum atomic E-state index is 12.6. The lowest BCUT2D eigenvalue weighted by atomic mass is 10.0. The second kappa shape index (κ2) is 6.50. The molecule has 0 saturated carbocycles. The van der Waals surface area contributed by atoms with E-state index in [1.54, 1.807) is 41.2 Å². The number of likely N-dealkylation sites (tertiary alicyclic amines) is 1. The first-order chi connectivity index (χ1) is 11.0. The van der Waals surface area contributed by atoms with Gasteiger partial charge in [-0.1, -0.05) is 11.6 Å². The van der Waals surface area contributed by atoms with E-state index in [2.05, 4.69) is 10.1 Å². The van der Waals surface area contributed by atoms with Crippen molar-refractivity contribution >= 4 is 23.3 Å². The average Bonchev–Trinajstić information content (AvgIpc) is 3.16. The lowest BCUT2D eigenvalue weighted by Gasteiger charge is -2.23. The highest BCUT2D eigenvalue weighted by Gasteiger charge is 2.31. The van der Waals surface area contributed by atoms with Gasteiger partial charge < -0.3 is 4.90 Å². The molecule has 0 radical (unpaired) electrons. The number of halogens is 1. The van der Waals surface area contributed by atoms with Gasteiger partial charge in [0.1, 0.15) is 5.69 Å². The zero-order valence-corrected chi connectivity index (χ0v) is 13.5. The molecule has 1 fully saturated rings. The van der Waals surface area contributed by atoms with Crippen molar-refractivity contribution in [3.8, 4) is 0 Å². The molecule has 1 atom stereocenters. The maximum Gasteiger partial charge on any atom is 0.272 e. The van der Waals surface area contributed by atoms with E-state index in [0.717, 1.165) is 12.8 Å². The van der Waals surface area contributed by atoms with Gasteiger partial charge in [0.25, 0.3) is 5.91 Å². The number of aromatic nitrogens is 3. The third-order valence-corrected chi connectivity index (χ3v) is 4.26. The van der Waals surface area contributed by atoms with Crippen LogP contribution in [0, 0.1) is 0 Å². The number of ketones is 1. The van der Waals surface area contributed by atoms with E-state index in [-0.39, 0.29) is 17.7 Å². The van der Waals surface area contributed by atoms with E-state index in [4.69, 9.17) is 11.6 Å². The summed E-state index contributed by atoms with van der Waals surface area (Å²) in [5, 5.41) is 4.51. The van der Waals surface area contributed by atoms with Gasteiger partial charge in [0.15, 0.2) is 5.78 Å². The zero-order chi connectivity index (χ0) is 16.4. The normalized spacial score (nSPS) is 17.5. The van der Waals surface area contributed by atoms with Crippen LogP contribution in [0.5, 0.6) is 0 Å². The van der Waals surface area contributed by atoms with Crippen molar-refractivity contribution in [3.63, 3.8) is 0 Å². The van der Waals surface area contributed by atoms with Crippen LogP contribution < -0.4 is 0 Å². The molecule has 7 heteroatoms. The van der Waals surface area contributed by atoms with Gasteiger partial charge in [-0.2, -0.15) is 5.10 Å². The minimum absolute atomic E-state index is 0.00636. The summed E-state index contributed by atoms with van der Waals surface area (Å²) in [6.07, 6.45) is 6.75. The zero-order valence-electron chi connectivity index (χ0n) is 12.8. The number of hydrogen-bond acceptors (Lipinski definition) is 4.